The van der Waals surface area contributed by atoms with Crippen molar-refractivity contribution < 1.29 is 9.59 Å². The zero-order valence-electron chi connectivity index (χ0n) is 10.1. The Kier molecular flexibility index (Phi) is 2.91. The number of rotatable bonds is 1. The highest BCUT2D eigenvalue weighted by atomic mass is 16.2. The molecule has 2 aliphatic rings. The third kappa shape index (κ3) is 1.81. The van der Waals surface area contributed by atoms with Crippen LogP contribution in [-0.2, 0) is 9.59 Å². The van der Waals surface area contributed by atoms with Gasteiger partial charge in [0, 0.05) is 6.04 Å². The van der Waals surface area contributed by atoms with Crippen molar-refractivity contribution in [3.63, 3.8) is 0 Å². The average Bonchev–Trinajstić information content (AvgIpc) is 2.25. The highest BCUT2D eigenvalue weighted by Crippen LogP contribution is 2.30. The van der Waals surface area contributed by atoms with Gasteiger partial charge in [-0.15, -0.1) is 0 Å². The van der Waals surface area contributed by atoms with Gasteiger partial charge < -0.3 is 10.2 Å². The standard InChI is InChI=1S/C12H20N2O2/c1-12(2)11(16)13-8-10(15)14(12)9-6-4-3-5-7-9/h9H,3-8H2,1-2H3,(H,13,16). The number of carbonyl (C=O) groups excluding carboxylic acids is 2. The molecule has 0 aromatic carbocycles. The lowest BCUT2D eigenvalue weighted by molar-refractivity contribution is -0.155. The first-order chi connectivity index (χ1) is 7.53. The lowest BCUT2D eigenvalue weighted by Gasteiger charge is -2.46. The first kappa shape index (κ1) is 11.4. The summed E-state index contributed by atoms with van der Waals surface area (Å²) in [5.41, 5.74) is -0.683. The van der Waals surface area contributed by atoms with Gasteiger partial charge in [-0.1, -0.05) is 19.3 Å². The zero-order valence-corrected chi connectivity index (χ0v) is 10.1. The summed E-state index contributed by atoms with van der Waals surface area (Å²) >= 11 is 0. The lowest BCUT2D eigenvalue weighted by Crippen LogP contribution is -2.67. The summed E-state index contributed by atoms with van der Waals surface area (Å²) in [6.45, 7) is 3.85. The molecule has 0 aromatic heterocycles. The summed E-state index contributed by atoms with van der Waals surface area (Å²) in [7, 11) is 0. The Morgan fingerprint density at radius 2 is 1.81 bits per heavy atom. The van der Waals surface area contributed by atoms with Crippen molar-refractivity contribution >= 4 is 11.8 Å². The second-order valence-corrected chi connectivity index (χ2v) is 5.30. The van der Waals surface area contributed by atoms with E-state index in [4.69, 9.17) is 0 Å². The molecule has 4 heteroatoms. The van der Waals surface area contributed by atoms with Crippen LogP contribution in [0.3, 0.4) is 0 Å². The molecule has 4 nitrogen and oxygen atoms in total. The van der Waals surface area contributed by atoms with E-state index in [9.17, 15) is 9.59 Å². The number of piperazine rings is 1. The molecule has 1 saturated carbocycles. The van der Waals surface area contributed by atoms with Gasteiger partial charge >= 0.3 is 0 Å². The van der Waals surface area contributed by atoms with Crippen LogP contribution >= 0.6 is 0 Å². The third-order valence-electron chi connectivity index (χ3n) is 3.77. The van der Waals surface area contributed by atoms with Crippen LogP contribution in [0.1, 0.15) is 46.0 Å². The minimum Gasteiger partial charge on any atom is -0.345 e. The summed E-state index contributed by atoms with van der Waals surface area (Å²) < 4.78 is 0. The van der Waals surface area contributed by atoms with E-state index in [1.807, 2.05) is 18.7 Å². The van der Waals surface area contributed by atoms with Crippen molar-refractivity contribution in [1.29, 1.82) is 0 Å². The molecular formula is C12H20N2O2. The van der Waals surface area contributed by atoms with Gasteiger partial charge in [-0.2, -0.15) is 0 Å². The molecule has 16 heavy (non-hydrogen) atoms. The summed E-state index contributed by atoms with van der Waals surface area (Å²) in [5.74, 6) is 0.0363. The molecule has 0 atom stereocenters. The second kappa shape index (κ2) is 4.07. The van der Waals surface area contributed by atoms with Crippen molar-refractivity contribution in [3.8, 4) is 0 Å². The first-order valence-corrected chi connectivity index (χ1v) is 6.14. The third-order valence-corrected chi connectivity index (χ3v) is 3.77. The maximum absolute atomic E-state index is 12.0. The Labute approximate surface area is 96.4 Å². The van der Waals surface area contributed by atoms with E-state index in [-0.39, 0.29) is 24.4 Å². The number of hydrogen-bond acceptors (Lipinski definition) is 2. The second-order valence-electron chi connectivity index (χ2n) is 5.30. The molecule has 0 spiro atoms. The molecule has 1 saturated heterocycles. The van der Waals surface area contributed by atoms with Crippen molar-refractivity contribution in [1.82, 2.24) is 10.2 Å². The van der Waals surface area contributed by atoms with Crippen LogP contribution in [0.2, 0.25) is 0 Å². The van der Waals surface area contributed by atoms with E-state index in [2.05, 4.69) is 5.32 Å². The Balaban J connectivity index is 2.20. The van der Waals surface area contributed by atoms with Crippen LogP contribution in [0.15, 0.2) is 0 Å². The van der Waals surface area contributed by atoms with Crippen molar-refractivity contribution in [2.24, 2.45) is 0 Å². The minimum absolute atomic E-state index is 0.0299. The van der Waals surface area contributed by atoms with Crippen molar-refractivity contribution in [2.45, 2.75) is 57.5 Å². The molecule has 0 aromatic rings. The van der Waals surface area contributed by atoms with E-state index >= 15 is 0 Å². The predicted octanol–water partition coefficient (Wildman–Crippen LogP) is 1.06. The Morgan fingerprint density at radius 3 is 2.44 bits per heavy atom. The molecule has 1 N–H and O–H groups in total. The maximum atomic E-state index is 12.0. The molecule has 1 heterocycles. The normalized spacial score (nSPS) is 26.8. The molecule has 0 bridgehead atoms. The molecular weight excluding hydrogens is 204 g/mol. The molecule has 90 valence electrons. The highest BCUT2D eigenvalue weighted by Gasteiger charge is 2.44. The van der Waals surface area contributed by atoms with Crippen LogP contribution in [0.5, 0.6) is 0 Å². The lowest BCUT2D eigenvalue weighted by atomic mass is 9.88. The molecule has 1 aliphatic carbocycles. The van der Waals surface area contributed by atoms with Crippen molar-refractivity contribution in [3.05, 3.63) is 0 Å². The zero-order chi connectivity index (χ0) is 11.8. The largest absolute Gasteiger partial charge is 0.345 e. The van der Waals surface area contributed by atoms with Gasteiger partial charge in [0.1, 0.15) is 5.54 Å². The average molecular weight is 224 g/mol. The highest BCUT2D eigenvalue weighted by molar-refractivity contribution is 5.97. The van der Waals surface area contributed by atoms with Gasteiger partial charge in [0.15, 0.2) is 0 Å². The van der Waals surface area contributed by atoms with Gasteiger partial charge in [0.05, 0.1) is 6.54 Å². The maximum Gasteiger partial charge on any atom is 0.245 e. The van der Waals surface area contributed by atoms with Crippen LogP contribution < -0.4 is 5.32 Å². The topological polar surface area (TPSA) is 49.4 Å². The first-order valence-electron chi connectivity index (χ1n) is 6.14. The fourth-order valence-corrected chi connectivity index (χ4v) is 2.88. The van der Waals surface area contributed by atoms with E-state index in [0.717, 1.165) is 12.8 Å². The van der Waals surface area contributed by atoms with Gasteiger partial charge in [-0.3, -0.25) is 9.59 Å². The van der Waals surface area contributed by atoms with Crippen LogP contribution in [0.25, 0.3) is 0 Å². The number of nitrogens with zero attached hydrogens (tertiary/aromatic N) is 1. The number of carbonyl (C=O) groups is 2. The van der Waals surface area contributed by atoms with Gasteiger partial charge in [-0.05, 0) is 26.7 Å². The van der Waals surface area contributed by atoms with Crippen LogP contribution in [0, 0.1) is 0 Å². The molecule has 2 rings (SSSR count). The van der Waals surface area contributed by atoms with Gasteiger partial charge in [0.25, 0.3) is 0 Å². The molecule has 0 radical (unpaired) electrons. The SMILES string of the molecule is CC1(C)C(=O)NCC(=O)N1C1CCCCC1. The summed E-state index contributed by atoms with van der Waals surface area (Å²) in [6, 6.07) is 0.266. The van der Waals surface area contributed by atoms with Crippen molar-refractivity contribution in [2.75, 3.05) is 6.54 Å². The summed E-state index contributed by atoms with van der Waals surface area (Å²) in [6.07, 6.45) is 5.69. The quantitative estimate of drug-likeness (QED) is 0.724. The fraction of sp³-hybridized carbons (Fsp3) is 0.833. The fourth-order valence-electron chi connectivity index (χ4n) is 2.88. The molecule has 2 fully saturated rings. The summed E-state index contributed by atoms with van der Waals surface area (Å²) in [5, 5.41) is 2.66. The Morgan fingerprint density at radius 1 is 1.19 bits per heavy atom. The van der Waals surface area contributed by atoms with E-state index in [1.165, 1.54) is 19.3 Å². The van der Waals surface area contributed by atoms with E-state index in [0.29, 0.717) is 0 Å². The van der Waals surface area contributed by atoms with Crippen LogP contribution in [-0.4, -0.2) is 34.8 Å². The molecule has 1 aliphatic heterocycles. The van der Waals surface area contributed by atoms with Crippen LogP contribution in [0.4, 0.5) is 0 Å². The predicted molar refractivity (Wildman–Crippen MR) is 60.8 cm³/mol. The Bertz CT molecular complexity index is 306. The molecule has 0 unspecified atom stereocenters. The number of amides is 2. The number of nitrogens with one attached hydrogen (secondary N) is 1. The van der Waals surface area contributed by atoms with Gasteiger partial charge in [0.2, 0.25) is 11.8 Å². The van der Waals surface area contributed by atoms with E-state index < -0.39 is 5.54 Å². The van der Waals surface area contributed by atoms with Gasteiger partial charge in [-0.25, -0.2) is 0 Å². The summed E-state index contributed by atoms with van der Waals surface area (Å²) in [4.78, 5) is 25.6. The Hall–Kier alpha value is -1.06. The molecule has 2 amide bonds. The monoisotopic (exact) mass is 224 g/mol. The number of hydrogen-bond donors (Lipinski definition) is 1. The minimum atomic E-state index is -0.683. The van der Waals surface area contributed by atoms with E-state index in [1.54, 1.807) is 0 Å². The smallest absolute Gasteiger partial charge is 0.245 e.